The van der Waals surface area contributed by atoms with Crippen molar-refractivity contribution in [3.05, 3.63) is 65.5 Å². The van der Waals surface area contributed by atoms with Gasteiger partial charge in [-0.2, -0.15) is 0 Å². The van der Waals surface area contributed by atoms with Crippen LogP contribution in [-0.2, 0) is 0 Å². The van der Waals surface area contributed by atoms with E-state index in [-0.39, 0.29) is 17.4 Å². The van der Waals surface area contributed by atoms with Gasteiger partial charge >= 0.3 is 0 Å². The van der Waals surface area contributed by atoms with Crippen LogP contribution in [0.15, 0.2) is 48.5 Å². The number of rotatable bonds is 5. The molecule has 5 heteroatoms. The summed E-state index contributed by atoms with van der Waals surface area (Å²) in [5.74, 6) is -1.34. The second-order valence-electron chi connectivity index (χ2n) is 4.72. The number of halogens is 1. The number of hydrogen-bond donors (Lipinski definition) is 3. The number of nitrogens with one attached hydrogen (secondary N) is 1. The number of phenolic OH excluding ortho intramolecular Hbond substituents is 1. The van der Waals surface area contributed by atoms with Crippen molar-refractivity contribution in [2.45, 2.75) is 12.5 Å². The van der Waals surface area contributed by atoms with Gasteiger partial charge in [-0.05, 0) is 30.2 Å². The highest BCUT2D eigenvalue weighted by Gasteiger charge is 2.12. The zero-order chi connectivity index (χ0) is 15.2. The Labute approximate surface area is 122 Å². The maximum atomic E-state index is 13.1. The molecule has 0 bridgehead atoms. The number of carbonyl (C=O) groups is 1. The Hall–Kier alpha value is -2.40. The van der Waals surface area contributed by atoms with Crippen molar-refractivity contribution in [2.24, 2.45) is 5.73 Å². The lowest BCUT2D eigenvalue weighted by molar-refractivity contribution is 0.0949. The van der Waals surface area contributed by atoms with Gasteiger partial charge in [0.2, 0.25) is 0 Å². The fourth-order valence-electron chi connectivity index (χ4n) is 1.99. The molecule has 4 nitrogen and oxygen atoms in total. The van der Waals surface area contributed by atoms with Crippen LogP contribution in [0, 0.1) is 5.82 Å². The molecule has 2 rings (SSSR count). The predicted octanol–water partition coefficient (Wildman–Crippen LogP) is 2.35. The number of hydrogen-bond acceptors (Lipinski definition) is 3. The Morgan fingerprint density at radius 3 is 2.67 bits per heavy atom. The number of carbonyl (C=O) groups excluding carboxylic acids is 1. The van der Waals surface area contributed by atoms with E-state index in [0.29, 0.717) is 13.0 Å². The second-order valence-corrected chi connectivity index (χ2v) is 4.72. The van der Waals surface area contributed by atoms with Gasteiger partial charge in [0.15, 0.2) is 0 Å². The summed E-state index contributed by atoms with van der Waals surface area (Å²) in [6.45, 7) is 0.338. The summed E-state index contributed by atoms with van der Waals surface area (Å²) in [5.41, 5.74) is 6.92. The predicted molar refractivity (Wildman–Crippen MR) is 78.4 cm³/mol. The normalized spacial score (nSPS) is 11.9. The van der Waals surface area contributed by atoms with E-state index < -0.39 is 11.7 Å². The molecule has 4 N–H and O–H groups in total. The first kappa shape index (κ1) is 15.0. The van der Waals surface area contributed by atoms with E-state index in [4.69, 9.17) is 5.73 Å². The standard InChI is InChI=1S/C16H17FN2O2/c17-12-6-7-15(20)13(10-12)16(21)19-9-8-14(18)11-4-2-1-3-5-11/h1-7,10,14,20H,8-9,18H2,(H,19,21). The van der Waals surface area contributed by atoms with E-state index in [0.717, 1.165) is 23.8 Å². The van der Waals surface area contributed by atoms with Gasteiger partial charge in [0, 0.05) is 12.6 Å². The van der Waals surface area contributed by atoms with E-state index in [9.17, 15) is 14.3 Å². The highest BCUT2D eigenvalue weighted by Crippen LogP contribution is 2.18. The van der Waals surface area contributed by atoms with Crippen molar-refractivity contribution in [1.82, 2.24) is 5.32 Å². The third kappa shape index (κ3) is 4.03. The largest absolute Gasteiger partial charge is 0.507 e. The molecule has 0 aliphatic heterocycles. The molecular formula is C16H17FN2O2. The van der Waals surface area contributed by atoms with Crippen LogP contribution in [-0.4, -0.2) is 17.6 Å². The highest BCUT2D eigenvalue weighted by atomic mass is 19.1. The third-order valence-electron chi connectivity index (χ3n) is 3.17. The van der Waals surface area contributed by atoms with Crippen LogP contribution in [0.25, 0.3) is 0 Å². The first-order valence-corrected chi connectivity index (χ1v) is 6.65. The molecule has 0 saturated heterocycles. The molecule has 110 valence electrons. The molecule has 2 aromatic carbocycles. The zero-order valence-corrected chi connectivity index (χ0v) is 11.4. The quantitative estimate of drug-likeness (QED) is 0.790. The number of phenols is 1. The van der Waals surface area contributed by atoms with Gasteiger partial charge in [0.1, 0.15) is 11.6 Å². The Morgan fingerprint density at radius 1 is 1.24 bits per heavy atom. The molecule has 1 atom stereocenters. The molecule has 0 aromatic heterocycles. The molecule has 0 aliphatic rings. The van der Waals surface area contributed by atoms with Gasteiger partial charge in [-0.1, -0.05) is 30.3 Å². The lowest BCUT2D eigenvalue weighted by Crippen LogP contribution is -2.27. The summed E-state index contributed by atoms with van der Waals surface area (Å²) in [5, 5.41) is 12.2. The van der Waals surface area contributed by atoms with Crippen LogP contribution >= 0.6 is 0 Å². The van der Waals surface area contributed by atoms with Crippen LogP contribution in [0.5, 0.6) is 5.75 Å². The van der Waals surface area contributed by atoms with E-state index in [2.05, 4.69) is 5.32 Å². The van der Waals surface area contributed by atoms with Gasteiger partial charge in [-0.25, -0.2) is 4.39 Å². The Morgan fingerprint density at radius 2 is 1.95 bits per heavy atom. The Bertz CT molecular complexity index is 617. The maximum absolute atomic E-state index is 13.1. The minimum atomic E-state index is -0.570. The summed E-state index contributed by atoms with van der Waals surface area (Å²) < 4.78 is 13.1. The maximum Gasteiger partial charge on any atom is 0.255 e. The molecule has 0 aliphatic carbocycles. The highest BCUT2D eigenvalue weighted by molar-refractivity contribution is 5.96. The molecule has 0 heterocycles. The zero-order valence-electron chi connectivity index (χ0n) is 11.4. The van der Waals surface area contributed by atoms with Crippen molar-refractivity contribution < 1.29 is 14.3 Å². The van der Waals surface area contributed by atoms with Gasteiger partial charge in [0.05, 0.1) is 5.56 Å². The summed E-state index contributed by atoms with van der Waals surface area (Å²) in [4.78, 5) is 11.9. The van der Waals surface area contributed by atoms with E-state index in [1.807, 2.05) is 30.3 Å². The Balaban J connectivity index is 1.88. The minimum absolute atomic E-state index is 0.0803. The second kappa shape index (κ2) is 6.85. The molecule has 0 radical (unpaired) electrons. The monoisotopic (exact) mass is 288 g/mol. The van der Waals surface area contributed by atoms with Crippen molar-refractivity contribution in [3.63, 3.8) is 0 Å². The van der Waals surface area contributed by atoms with E-state index in [1.165, 1.54) is 0 Å². The summed E-state index contributed by atoms with van der Waals surface area (Å²) in [6.07, 6.45) is 0.547. The molecule has 1 unspecified atom stereocenters. The first-order chi connectivity index (χ1) is 10.1. The minimum Gasteiger partial charge on any atom is -0.507 e. The van der Waals surface area contributed by atoms with Gasteiger partial charge in [-0.15, -0.1) is 0 Å². The average Bonchev–Trinajstić information content (AvgIpc) is 2.50. The van der Waals surface area contributed by atoms with Gasteiger partial charge < -0.3 is 16.2 Å². The number of nitrogens with two attached hydrogens (primary N) is 1. The van der Waals surface area contributed by atoms with Crippen molar-refractivity contribution >= 4 is 5.91 Å². The van der Waals surface area contributed by atoms with Crippen LogP contribution in [0.3, 0.4) is 0 Å². The smallest absolute Gasteiger partial charge is 0.255 e. The molecule has 0 saturated carbocycles. The average molecular weight is 288 g/mol. The molecule has 1 amide bonds. The lowest BCUT2D eigenvalue weighted by Gasteiger charge is -2.13. The third-order valence-corrected chi connectivity index (χ3v) is 3.17. The topological polar surface area (TPSA) is 75.3 Å². The van der Waals surface area contributed by atoms with Crippen molar-refractivity contribution in [2.75, 3.05) is 6.54 Å². The molecule has 0 fully saturated rings. The number of amides is 1. The Kier molecular flexibility index (Phi) is 4.90. The summed E-state index contributed by atoms with van der Waals surface area (Å²) >= 11 is 0. The van der Waals surface area contributed by atoms with E-state index >= 15 is 0 Å². The van der Waals surface area contributed by atoms with Crippen LogP contribution in [0.4, 0.5) is 4.39 Å². The van der Waals surface area contributed by atoms with Crippen molar-refractivity contribution in [1.29, 1.82) is 0 Å². The van der Waals surface area contributed by atoms with Gasteiger partial charge in [0.25, 0.3) is 5.91 Å². The molecule has 0 spiro atoms. The summed E-state index contributed by atoms with van der Waals surface area (Å²) in [7, 11) is 0. The SMILES string of the molecule is NC(CCNC(=O)c1cc(F)ccc1O)c1ccccc1. The fourth-order valence-corrected chi connectivity index (χ4v) is 1.99. The van der Waals surface area contributed by atoms with Gasteiger partial charge in [-0.3, -0.25) is 4.79 Å². The lowest BCUT2D eigenvalue weighted by atomic mass is 10.0. The number of aromatic hydroxyl groups is 1. The van der Waals surface area contributed by atoms with Crippen LogP contribution in [0.1, 0.15) is 28.4 Å². The molecular weight excluding hydrogens is 271 g/mol. The van der Waals surface area contributed by atoms with Crippen LogP contribution < -0.4 is 11.1 Å². The summed E-state index contributed by atoms with van der Waals surface area (Å²) in [6, 6.07) is 12.6. The number of benzene rings is 2. The molecule has 21 heavy (non-hydrogen) atoms. The molecule has 2 aromatic rings. The fraction of sp³-hybridized carbons (Fsp3) is 0.188. The van der Waals surface area contributed by atoms with Crippen LogP contribution in [0.2, 0.25) is 0 Å². The van der Waals surface area contributed by atoms with Crippen molar-refractivity contribution in [3.8, 4) is 5.75 Å². The van der Waals surface area contributed by atoms with E-state index in [1.54, 1.807) is 0 Å². The first-order valence-electron chi connectivity index (χ1n) is 6.65.